The summed E-state index contributed by atoms with van der Waals surface area (Å²) in [4.78, 5) is 4.04. The number of hydrogen-bond donors (Lipinski definition) is 1. The number of nitrogens with zero attached hydrogens (tertiary/aromatic N) is 3. The Labute approximate surface area is 102 Å². The molecule has 4 heteroatoms. The summed E-state index contributed by atoms with van der Waals surface area (Å²) in [5, 5.41) is 3.51. The highest BCUT2D eigenvalue weighted by Crippen LogP contribution is 2.02. The van der Waals surface area contributed by atoms with Crippen LogP contribution >= 0.6 is 0 Å². The van der Waals surface area contributed by atoms with Crippen LogP contribution < -0.4 is 5.32 Å². The van der Waals surface area contributed by atoms with Gasteiger partial charge in [0.15, 0.2) is 0 Å². The summed E-state index contributed by atoms with van der Waals surface area (Å²) in [5.41, 5.74) is 1.34. The topological polar surface area (TPSA) is 34.8 Å². The second kappa shape index (κ2) is 5.68. The van der Waals surface area contributed by atoms with Gasteiger partial charge in [-0.15, -0.1) is 0 Å². The first-order valence-electron chi connectivity index (χ1n) is 6.11. The van der Waals surface area contributed by atoms with Gasteiger partial charge in [-0.3, -0.25) is 0 Å². The van der Waals surface area contributed by atoms with E-state index in [2.05, 4.69) is 51.7 Å². The van der Waals surface area contributed by atoms with E-state index in [0.717, 1.165) is 19.6 Å². The SMILES string of the molecule is CCn1ccc(CNC(C)Cn2ccnc2)c1. The lowest BCUT2D eigenvalue weighted by atomic mass is 10.3. The lowest BCUT2D eigenvalue weighted by Gasteiger charge is -2.13. The van der Waals surface area contributed by atoms with Crippen LogP contribution in [0.5, 0.6) is 0 Å². The smallest absolute Gasteiger partial charge is 0.0946 e. The van der Waals surface area contributed by atoms with Gasteiger partial charge in [0.1, 0.15) is 0 Å². The Balaban J connectivity index is 1.77. The summed E-state index contributed by atoms with van der Waals surface area (Å²) in [6.45, 7) is 7.25. The average molecular weight is 232 g/mol. The zero-order chi connectivity index (χ0) is 12.1. The summed E-state index contributed by atoms with van der Waals surface area (Å²) in [6, 6.07) is 2.61. The van der Waals surface area contributed by atoms with E-state index in [4.69, 9.17) is 0 Å². The van der Waals surface area contributed by atoms with Gasteiger partial charge >= 0.3 is 0 Å². The Morgan fingerprint density at radius 1 is 1.35 bits per heavy atom. The predicted molar refractivity (Wildman–Crippen MR) is 68.6 cm³/mol. The third kappa shape index (κ3) is 3.46. The number of rotatable bonds is 6. The van der Waals surface area contributed by atoms with Crippen LogP contribution in [0, 0.1) is 0 Å². The standard InChI is InChI=1S/C13H20N4/c1-3-16-6-4-13(10-16)8-15-12(2)9-17-7-5-14-11-17/h4-7,10-12,15H,3,8-9H2,1-2H3. The third-order valence-electron chi connectivity index (χ3n) is 2.88. The van der Waals surface area contributed by atoms with E-state index < -0.39 is 0 Å². The first kappa shape index (κ1) is 11.9. The van der Waals surface area contributed by atoms with Crippen molar-refractivity contribution in [1.82, 2.24) is 19.4 Å². The fourth-order valence-corrected chi connectivity index (χ4v) is 1.86. The minimum Gasteiger partial charge on any atom is -0.354 e. The van der Waals surface area contributed by atoms with Gasteiger partial charge in [0.2, 0.25) is 0 Å². The molecular weight excluding hydrogens is 212 g/mol. The molecule has 92 valence electrons. The van der Waals surface area contributed by atoms with Crippen LogP contribution in [-0.4, -0.2) is 20.2 Å². The molecule has 1 atom stereocenters. The lowest BCUT2D eigenvalue weighted by Crippen LogP contribution is -2.29. The largest absolute Gasteiger partial charge is 0.354 e. The molecule has 0 radical (unpaired) electrons. The number of nitrogens with one attached hydrogen (secondary N) is 1. The summed E-state index contributed by atoms with van der Waals surface area (Å²) < 4.78 is 4.28. The molecule has 0 aromatic carbocycles. The molecule has 0 amide bonds. The molecule has 2 aromatic rings. The Bertz CT molecular complexity index is 430. The number of hydrogen-bond acceptors (Lipinski definition) is 2. The minimum atomic E-state index is 0.439. The molecule has 0 saturated heterocycles. The quantitative estimate of drug-likeness (QED) is 0.825. The van der Waals surface area contributed by atoms with Crippen molar-refractivity contribution in [2.24, 2.45) is 0 Å². The highest BCUT2D eigenvalue weighted by atomic mass is 15.1. The van der Waals surface area contributed by atoms with Crippen molar-refractivity contribution < 1.29 is 0 Å². The summed E-state index contributed by atoms with van der Waals surface area (Å²) in [6.07, 6.45) is 9.97. The van der Waals surface area contributed by atoms with Gasteiger partial charge in [-0.05, 0) is 25.5 Å². The maximum absolute atomic E-state index is 4.04. The van der Waals surface area contributed by atoms with Gasteiger partial charge in [0.25, 0.3) is 0 Å². The molecule has 2 heterocycles. The molecule has 0 saturated carbocycles. The van der Waals surface area contributed by atoms with E-state index in [9.17, 15) is 0 Å². The monoisotopic (exact) mass is 232 g/mol. The highest BCUT2D eigenvalue weighted by molar-refractivity contribution is 5.09. The van der Waals surface area contributed by atoms with Crippen molar-refractivity contribution in [3.63, 3.8) is 0 Å². The molecular formula is C13H20N4. The fraction of sp³-hybridized carbons (Fsp3) is 0.462. The van der Waals surface area contributed by atoms with Gasteiger partial charge in [-0.2, -0.15) is 0 Å². The van der Waals surface area contributed by atoms with Crippen LogP contribution in [-0.2, 0) is 19.6 Å². The van der Waals surface area contributed by atoms with Gasteiger partial charge < -0.3 is 14.5 Å². The molecule has 17 heavy (non-hydrogen) atoms. The van der Waals surface area contributed by atoms with Crippen LogP contribution in [0.3, 0.4) is 0 Å². The normalized spacial score (nSPS) is 12.8. The Hall–Kier alpha value is -1.55. The average Bonchev–Trinajstić information content (AvgIpc) is 2.96. The minimum absolute atomic E-state index is 0.439. The Morgan fingerprint density at radius 2 is 2.24 bits per heavy atom. The van der Waals surface area contributed by atoms with Crippen LogP contribution in [0.1, 0.15) is 19.4 Å². The van der Waals surface area contributed by atoms with Crippen LogP contribution in [0.2, 0.25) is 0 Å². The van der Waals surface area contributed by atoms with Gasteiger partial charge in [-0.25, -0.2) is 4.98 Å². The maximum atomic E-state index is 4.04. The molecule has 0 spiro atoms. The summed E-state index contributed by atoms with van der Waals surface area (Å²) in [5.74, 6) is 0. The Morgan fingerprint density at radius 3 is 2.88 bits per heavy atom. The third-order valence-corrected chi connectivity index (χ3v) is 2.88. The molecule has 0 fully saturated rings. The van der Waals surface area contributed by atoms with E-state index in [1.807, 2.05) is 18.7 Å². The van der Waals surface area contributed by atoms with Gasteiger partial charge in [0, 0.05) is 50.5 Å². The van der Waals surface area contributed by atoms with E-state index in [1.54, 1.807) is 0 Å². The van der Waals surface area contributed by atoms with Crippen molar-refractivity contribution in [3.05, 3.63) is 42.7 Å². The van der Waals surface area contributed by atoms with Crippen LogP contribution in [0.25, 0.3) is 0 Å². The van der Waals surface area contributed by atoms with Crippen molar-refractivity contribution in [1.29, 1.82) is 0 Å². The maximum Gasteiger partial charge on any atom is 0.0946 e. The van der Waals surface area contributed by atoms with Crippen molar-refractivity contribution >= 4 is 0 Å². The van der Waals surface area contributed by atoms with Gasteiger partial charge in [0.05, 0.1) is 6.33 Å². The van der Waals surface area contributed by atoms with Crippen molar-refractivity contribution in [2.75, 3.05) is 0 Å². The molecule has 4 nitrogen and oxygen atoms in total. The van der Waals surface area contributed by atoms with E-state index in [1.165, 1.54) is 5.56 Å². The molecule has 0 aliphatic heterocycles. The number of imidazole rings is 1. The molecule has 0 bridgehead atoms. The molecule has 1 unspecified atom stereocenters. The molecule has 2 rings (SSSR count). The molecule has 2 aromatic heterocycles. The van der Waals surface area contributed by atoms with Gasteiger partial charge in [-0.1, -0.05) is 0 Å². The van der Waals surface area contributed by atoms with E-state index in [-0.39, 0.29) is 0 Å². The van der Waals surface area contributed by atoms with Crippen molar-refractivity contribution in [2.45, 2.75) is 39.5 Å². The second-order valence-electron chi connectivity index (χ2n) is 4.39. The second-order valence-corrected chi connectivity index (χ2v) is 4.39. The highest BCUT2D eigenvalue weighted by Gasteiger charge is 2.03. The van der Waals surface area contributed by atoms with Crippen LogP contribution in [0.4, 0.5) is 0 Å². The first-order chi connectivity index (χ1) is 8.28. The molecule has 0 aliphatic rings. The zero-order valence-electron chi connectivity index (χ0n) is 10.5. The lowest BCUT2D eigenvalue weighted by molar-refractivity contribution is 0.476. The Kier molecular flexibility index (Phi) is 3.98. The number of aryl methyl sites for hydroxylation is 1. The predicted octanol–water partition coefficient (Wildman–Crippen LogP) is 1.88. The number of aromatic nitrogens is 3. The summed E-state index contributed by atoms with van der Waals surface area (Å²) in [7, 11) is 0. The van der Waals surface area contributed by atoms with Crippen molar-refractivity contribution in [3.8, 4) is 0 Å². The first-order valence-corrected chi connectivity index (χ1v) is 6.11. The molecule has 1 N–H and O–H groups in total. The summed E-state index contributed by atoms with van der Waals surface area (Å²) >= 11 is 0. The fourth-order valence-electron chi connectivity index (χ4n) is 1.86. The zero-order valence-corrected chi connectivity index (χ0v) is 10.5. The van der Waals surface area contributed by atoms with E-state index in [0.29, 0.717) is 6.04 Å². The van der Waals surface area contributed by atoms with E-state index >= 15 is 0 Å². The molecule has 0 aliphatic carbocycles. The van der Waals surface area contributed by atoms with Crippen LogP contribution in [0.15, 0.2) is 37.2 Å².